The Labute approximate surface area is 147 Å². The normalized spacial score (nSPS) is 14.2. The first-order chi connectivity index (χ1) is 12.0. The van der Waals surface area contributed by atoms with Gasteiger partial charge in [-0.25, -0.2) is 4.98 Å². The summed E-state index contributed by atoms with van der Waals surface area (Å²) < 4.78 is 0. The molecule has 3 rings (SSSR count). The fourth-order valence-electron chi connectivity index (χ4n) is 3.08. The molecule has 0 atom stereocenters. The van der Waals surface area contributed by atoms with Crippen LogP contribution in [0.5, 0.6) is 0 Å². The van der Waals surface area contributed by atoms with E-state index in [2.05, 4.69) is 15.2 Å². The zero-order chi connectivity index (χ0) is 17.8. The van der Waals surface area contributed by atoms with E-state index in [4.69, 9.17) is 5.73 Å². The van der Waals surface area contributed by atoms with Gasteiger partial charge in [0.1, 0.15) is 5.69 Å². The molecule has 130 valence electrons. The number of primary amides is 1. The Kier molecular flexibility index (Phi) is 4.97. The van der Waals surface area contributed by atoms with E-state index in [1.807, 2.05) is 19.1 Å². The Bertz CT molecular complexity index is 798. The number of hydrogen-bond donors (Lipinski definition) is 2. The van der Waals surface area contributed by atoms with Crippen LogP contribution < -0.4 is 16.0 Å². The first-order valence-corrected chi connectivity index (χ1v) is 8.48. The first kappa shape index (κ1) is 17.0. The number of nitrogens with two attached hydrogens (primary N) is 1. The maximum atomic E-state index is 12.4. The van der Waals surface area contributed by atoms with Crippen molar-refractivity contribution in [1.82, 2.24) is 4.98 Å². The van der Waals surface area contributed by atoms with Crippen molar-refractivity contribution < 1.29 is 9.59 Å². The molecule has 1 aromatic carbocycles. The van der Waals surface area contributed by atoms with Gasteiger partial charge < -0.3 is 16.0 Å². The van der Waals surface area contributed by atoms with Gasteiger partial charge in [0.25, 0.3) is 11.8 Å². The molecule has 0 spiro atoms. The minimum Gasteiger partial charge on any atom is -0.371 e. The topological polar surface area (TPSA) is 88.3 Å². The van der Waals surface area contributed by atoms with Crippen LogP contribution in [0.25, 0.3) is 0 Å². The Morgan fingerprint density at radius 2 is 1.88 bits per heavy atom. The lowest BCUT2D eigenvalue weighted by molar-refractivity contribution is 0.0998. The fraction of sp³-hybridized carbons (Fsp3) is 0.316. The van der Waals surface area contributed by atoms with Crippen molar-refractivity contribution in [3.8, 4) is 0 Å². The smallest absolute Gasteiger partial charge is 0.274 e. The van der Waals surface area contributed by atoms with E-state index < -0.39 is 5.91 Å². The summed E-state index contributed by atoms with van der Waals surface area (Å²) in [5, 5.41) is 2.85. The Balaban J connectivity index is 1.86. The van der Waals surface area contributed by atoms with Gasteiger partial charge in [0.05, 0.1) is 11.3 Å². The van der Waals surface area contributed by atoms with Gasteiger partial charge in [-0.15, -0.1) is 0 Å². The number of rotatable bonds is 4. The summed E-state index contributed by atoms with van der Waals surface area (Å²) in [4.78, 5) is 30.5. The molecule has 6 heteroatoms. The van der Waals surface area contributed by atoms with E-state index in [1.54, 1.807) is 24.3 Å². The quantitative estimate of drug-likeness (QED) is 0.897. The summed E-state index contributed by atoms with van der Waals surface area (Å²) in [6, 6.07) is 10.5. The van der Waals surface area contributed by atoms with Crippen molar-refractivity contribution in [2.45, 2.75) is 26.2 Å². The SMILES string of the molecule is Cc1cccc(C(=O)Nc2ccc(C(N)=O)c(N3CCCCC3)c2)n1. The summed E-state index contributed by atoms with van der Waals surface area (Å²) in [6.07, 6.45) is 3.36. The number of nitrogens with one attached hydrogen (secondary N) is 1. The minimum atomic E-state index is -0.459. The van der Waals surface area contributed by atoms with Crippen LogP contribution in [0.4, 0.5) is 11.4 Å². The molecule has 1 aliphatic rings. The standard InChI is InChI=1S/C19H22N4O2/c1-13-6-5-7-16(21-13)19(25)22-14-8-9-15(18(20)24)17(12-14)23-10-3-2-4-11-23/h5-9,12H,2-4,10-11H2,1H3,(H2,20,24)(H,22,25). The summed E-state index contributed by atoms with van der Waals surface area (Å²) in [7, 11) is 0. The molecule has 6 nitrogen and oxygen atoms in total. The highest BCUT2D eigenvalue weighted by Gasteiger charge is 2.18. The molecule has 1 aliphatic heterocycles. The minimum absolute atomic E-state index is 0.278. The van der Waals surface area contributed by atoms with E-state index in [1.165, 1.54) is 6.42 Å². The third-order valence-corrected chi connectivity index (χ3v) is 4.34. The van der Waals surface area contributed by atoms with Crippen LogP contribution in [0.15, 0.2) is 36.4 Å². The van der Waals surface area contributed by atoms with Gasteiger partial charge in [-0.3, -0.25) is 9.59 Å². The van der Waals surface area contributed by atoms with Crippen molar-refractivity contribution in [2.75, 3.05) is 23.3 Å². The predicted molar refractivity (Wildman–Crippen MR) is 98.0 cm³/mol. The number of benzene rings is 1. The van der Waals surface area contributed by atoms with Crippen LogP contribution in [0.1, 0.15) is 45.8 Å². The lowest BCUT2D eigenvalue weighted by Crippen LogP contribution is -2.31. The van der Waals surface area contributed by atoms with Gasteiger partial charge in [-0.1, -0.05) is 6.07 Å². The Morgan fingerprint density at radius 1 is 1.12 bits per heavy atom. The van der Waals surface area contributed by atoms with Gasteiger partial charge in [-0.2, -0.15) is 0 Å². The summed E-state index contributed by atoms with van der Waals surface area (Å²) in [6.45, 7) is 3.61. The van der Waals surface area contributed by atoms with E-state index >= 15 is 0 Å². The summed E-state index contributed by atoms with van der Waals surface area (Å²) >= 11 is 0. The Hall–Kier alpha value is -2.89. The molecule has 2 heterocycles. The molecular weight excluding hydrogens is 316 g/mol. The molecular formula is C19H22N4O2. The summed E-state index contributed by atoms with van der Waals surface area (Å²) in [5.74, 6) is -0.737. The van der Waals surface area contributed by atoms with Gasteiger partial charge >= 0.3 is 0 Å². The number of hydrogen-bond acceptors (Lipinski definition) is 4. The third kappa shape index (κ3) is 3.96. The van der Waals surface area contributed by atoms with Crippen LogP contribution in [-0.2, 0) is 0 Å². The Morgan fingerprint density at radius 3 is 2.56 bits per heavy atom. The second-order valence-corrected chi connectivity index (χ2v) is 6.26. The maximum Gasteiger partial charge on any atom is 0.274 e. The van der Waals surface area contributed by atoms with Gasteiger partial charge in [0.2, 0.25) is 0 Å². The van der Waals surface area contributed by atoms with Crippen molar-refractivity contribution in [2.24, 2.45) is 5.73 Å². The van der Waals surface area contributed by atoms with Crippen molar-refractivity contribution >= 4 is 23.2 Å². The molecule has 0 aliphatic carbocycles. The molecule has 2 amide bonds. The van der Waals surface area contributed by atoms with Crippen LogP contribution in [0, 0.1) is 6.92 Å². The van der Waals surface area contributed by atoms with Crippen LogP contribution in [-0.4, -0.2) is 29.9 Å². The average molecular weight is 338 g/mol. The average Bonchev–Trinajstić information content (AvgIpc) is 2.62. The van der Waals surface area contributed by atoms with Crippen molar-refractivity contribution in [3.63, 3.8) is 0 Å². The molecule has 3 N–H and O–H groups in total. The zero-order valence-electron chi connectivity index (χ0n) is 14.3. The zero-order valence-corrected chi connectivity index (χ0v) is 14.3. The van der Waals surface area contributed by atoms with Gasteiger partial charge in [-0.05, 0) is 56.5 Å². The number of amides is 2. The molecule has 0 unspecified atom stereocenters. The molecule has 0 saturated carbocycles. The van der Waals surface area contributed by atoms with Gasteiger partial charge in [0.15, 0.2) is 0 Å². The van der Waals surface area contributed by atoms with E-state index in [0.29, 0.717) is 16.9 Å². The summed E-state index contributed by atoms with van der Waals surface area (Å²) in [5.41, 5.74) is 8.54. The molecule has 0 bridgehead atoms. The van der Waals surface area contributed by atoms with Crippen molar-refractivity contribution in [1.29, 1.82) is 0 Å². The second kappa shape index (κ2) is 7.34. The lowest BCUT2D eigenvalue weighted by atomic mass is 10.1. The fourth-order valence-corrected chi connectivity index (χ4v) is 3.08. The van der Waals surface area contributed by atoms with E-state index in [9.17, 15) is 9.59 Å². The molecule has 1 aromatic heterocycles. The second-order valence-electron chi connectivity index (χ2n) is 6.26. The number of piperidine rings is 1. The molecule has 2 aromatic rings. The number of carbonyl (C=O) groups excluding carboxylic acids is 2. The highest BCUT2D eigenvalue weighted by molar-refractivity contribution is 6.04. The van der Waals surface area contributed by atoms with E-state index in [-0.39, 0.29) is 5.91 Å². The van der Waals surface area contributed by atoms with E-state index in [0.717, 1.165) is 37.3 Å². The highest BCUT2D eigenvalue weighted by atomic mass is 16.2. The molecule has 25 heavy (non-hydrogen) atoms. The molecule has 1 saturated heterocycles. The largest absolute Gasteiger partial charge is 0.371 e. The lowest BCUT2D eigenvalue weighted by Gasteiger charge is -2.30. The van der Waals surface area contributed by atoms with Crippen LogP contribution in [0.2, 0.25) is 0 Å². The number of nitrogens with zero attached hydrogens (tertiary/aromatic N) is 2. The van der Waals surface area contributed by atoms with Crippen LogP contribution >= 0.6 is 0 Å². The molecule has 1 fully saturated rings. The number of pyridine rings is 1. The highest BCUT2D eigenvalue weighted by Crippen LogP contribution is 2.27. The monoisotopic (exact) mass is 338 g/mol. The number of carbonyl (C=O) groups is 2. The number of anilines is 2. The first-order valence-electron chi connectivity index (χ1n) is 8.48. The van der Waals surface area contributed by atoms with Gasteiger partial charge in [0, 0.05) is 24.5 Å². The number of aromatic nitrogens is 1. The molecule has 0 radical (unpaired) electrons. The van der Waals surface area contributed by atoms with Crippen LogP contribution in [0.3, 0.4) is 0 Å². The maximum absolute atomic E-state index is 12.4. The number of aryl methyl sites for hydroxylation is 1. The van der Waals surface area contributed by atoms with Crippen molar-refractivity contribution in [3.05, 3.63) is 53.3 Å². The predicted octanol–water partition coefficient (Wildman–Crippen LogP) is 2.73. The third-order valence-electron chi connectivity index (χ3n) is 4.34.